The molecule has 2 aromatic rings. The Bertz CT molecular complexity index is 800. The van der Waals surface area contributed by atoms with Crippen molar-refractivity contribution in [1.82, 2.24) is 0 Å². The molecule has 0 fully saturated rings. The molecule has 0 aliphatic carbocycles. The Kier molecular flexibility index (Phi) is 4.33. The zero-order valence-corrected chi connectivity index (χ0v) is 13.1. The summed E-state index contributed by atoms with van der Waals surface area (Å²) in [5.41, 5.74) is 0.765. The third kappa shape index (κ3) is 3.12. The Morgan fingerprint density at radius 2 is 1.90 bits per heavy atom. The number of halogens is 2. The molecule has 1 N–H and O–H groups in total. The van der Waals surface area contributed by atoms with E-state index in [9.17, 15) is 8.42 Å². The van der Waals surface area contributed by atoms with Crippen molar-refractivity contribution < 1.29 is 8.42 Å². The van der Waals surface area contributed by atoms with E-state index in [0.717, 1.165) is 0 Å². The summed E-state index contributed by atoms with van der Waals surface area (Å²) in [4.78, 5) is -0.00192. The van der Waals surface area contributed by atoms with Gasteiger partial charge in [0.1, 0.15) is 4.90 Å². The van der Waals surface area contributed by atoms with Crippen LogP contribution in [0.2, 0.25) is 5.02 Å². The third-order valence-corrected chi connectivity index (χ3v) is 4.99. The number of nitrogens with one attached hydrogen (secondary N) is 1. The second-order valence-electron chi connectivity index (χ2n) is 3.84. The van der Waals surface area contributed by atoms with Crippen LogP contribution < -0.4 is 4.72 Å². The van der Waals surface area contributed by atoms with E-state index >= 15 is 0 Å². The Morgan fingerprint density at radius 3 is 2.50 bits per heavy atom. The van der Waals surface area contributed by atoms with Gasteiger partial charge in [0.15, 0.2) is 0 Å². The quantitative estimate of drug-likeness (QED) is 0.892. The lowest BCUT2D eigenvalue weighted by molar-refractivity contribution is 0.601. The van der Waals surface area contributed by atoms with Crippen LogP contribution in [0, 0.1) is 11.3 Å². The highest BCUT2D eigenvalue weighted by atomic mass is 79.9. The molecule has 7 heteroatoms. The number of anilines is 1. The molecule has 102 valence electrons. The number of hydrogen-bond acceptors (Lipinski definition) is 3. The number of rotatable bonds is 3. The molecule has 0 heterocycles. The maximum atomic E-state index is 12.2. The molecule has 0 bridgehead atoms. The number of benzene rings is 2. The third-order valence-electron chi connectivity index (χ3n) is 2.47. The highest BCUT2D eigenvalue weighted by molar-refractivity contribution is 9.10. The monoisotopic (exact) mass is 370 g/mol. The van der Waals surface area contributed by atoms with E-state index in [2.05, 4.69) is 20.7 Å². The van der Waals surface area contributed by atoms with Crippen molar-refractivity contribution >= 4 is 43.2 Å². The minimum Gasteiger partial charge on any atom is -0.278 e. The fourth-order valence-corrected chi connectivity index (χ4v) is 3.74. The second-order valence-corrected chi connectivity index (χ2v) is 6.75. The lowest BCUT2D eigenvalue weighted by atomic mass is 10.2. The minimum atomic E-state index is -3.78. The molecule has 0 saturated carbocycles. The summed E-state index contributed by atoms with van der Waals surface area (Å²) < 4.78 is 27.4. The van der Waals surface area contributed by atoms with Gasteiger partial charge >= 0.3 is 0 Å². The molecule has 0 spiro atoms. The van der Waals surface area contributed by atoms with Crippen molar-refractivity contribution in [1.29, 1.82) is 5.26 Å². The summed E-state index contributed by atoms with van der Waals surface area (Å²) in [6, 6.07) is 12.7. The summed E-state index contributed by atoms with van der Waals surface area (Å²) in [5.74, 6) is 0. The molecule has 0 radical (unpaired) electrons. The first-order chi connectivity index (χ1) is 9.44. The van der Waals surface area contributed by atoms with Gasteiger partial charge in [0, 0.05) is 4.47 Å². The van der Waals surface area contributed by atoms with E-state index in [1.54, 1.807) is 12.1 Å². The van der Waals surface area contributed by atoms with Crippen LogP contribution in [-0.2, 0) is 10.0 Å². The molecule has 0 aliphatic heterocycles. The fraction of sp³-hybridized carbons (Fsp3) is 0. The average Bonchev–Trinajstić information content (AvgIpc) is 2.41. The highest BCUT2D eigenvalue weighted by Crippen LogP contribution is 2.28. The first kappa shape index (κ1) is 14.9. The first-order valence-corrected chi connectivity index (χ1v) is 8.06. The van der Waals surface area contributed by atoms with Gasteiger partial charge in [-0.25, -0.2) is 8.42 Å². The lowest BCUT2D eigenvalue weighted by Crippen LogP contribution is -2.13. The van der Waals surface area contributed by atoms with E-state index in [0.29, 0.717) is 15.7 Å². The molecule has 20 heavy (non-hydrogen) atoms. The molecule has 0 aliphatic rings. The Morgan fingerprint density at radius 1 is 1.20 bits per heavy atom. The van der Waals surface area contributed by atoms with Crippen LogP contribution in [0.1, 0.15) is 5.56 Å². The van der Waals surface area contributed by atoms with Crippen LogP contribution in [0.3, 0.4) is 0 Å². The number of nitrogens with zero attached hydrogens (tertiary/aromatic N) is 1. The normalized spacial score (nSPS) is 10.8. The molecular formula is C13H8BrClN2O2S. The molecule has 0 amide bonds. The largest absolute Gasteiger partial charge is 0.278 e. The van der Waals surface area contributed by atoms with E-state index in [-0.39, 0.29) is 9.92 Å². The van der Waals surface area contributed by atoms with E-state index in [4.69, 9.17) is 16.9 Å². The van der Waals surface area contributed by atoms with Crippen molar-refractivity contribution in [3.63, 3.8) is 0 Å². The summed E-state index contributed by atoms with van der Waals surface area (Å²) >= 11 is 9.11. The van der Waals surface area contributed by atoms with Crippen molar-refractivity contribution in [3.8, 4) is 6.07 Å². The minimum absolute atomic E-state index is 0.00192. The van der Waals surface area contributed by atoms with Crippen LogP contribution in [-0.4, -0.2) is 8.42 Å². The van der Waals surface area contributed by atoms with Gasteiger partial charge in [-0.3, -0.25) is 4.72 Å². The van der Waals surface area contributed by atoms with E-state index in [1.807, 2.05) is 6.07 Å². The fourth-order valence-electron chi connectivity index (χ4n) is 1.53. The molecule has 2 aromatic carbocycles. The van der Waals surface area contributed by atoms with Crippen LogP contribution in [0.15, 0.2) is 51.8 Å². The molecule has 0 unspecified atom stereocenters. The van der Waals surface area contributed by atoms with Gasteiger partial charge in [-0.05, 0) is 46.3 Å². The lowest BCUT2D eigenvalue weighted by Gasteiger charge is -2.11. The smallest absolute Gasteiger partial charge is 0.263 e. The highest BCUT2D eigenvalue weighted by Gasteiger charge is 2.18. The van der Waals surface area contributed by atoms with Crippen molar-refractivity contribution in [3.05, 3.63) is 57.5 Å². The van der Waals surface area contributed by atoms with Gasteiger partial charge in [-0.1, -0.05) is 23.7 Å². The van der Waals surface area contributed by atoms with Gasteiger partial charge in [-0.2, -0.15) is 5.26 Å². The Hall–Kier alpha value is -1.55. The van der Waals surface area contributed by atoms with Crippen molar-refractivity contribution in [2.45, 2.75) is 4.90 Å². The molecule has 0 atom stereocenters. The van der Waals surface area contributed by atoms with Gasteiger partial charge in [0.2, 0.25) is 0 Å². The van der Waals surface area contributed by atoms with Crippen LogP contribution in [0.4, 0.5) is 5.69 Å². The number of hydrogen-bond donors (Lipinski definition) is 1. The van der Waals surface area contributed by atoms with Crippen LogP contribution in [0.25, 0.3) is 0 Å². The van der Waals surface area contributed by atoms with E-state index in [1.165, 1.54) is 30.3 Å². The molecular weight excluding hydrogens is 364 g/mol. The summed E-state index contributed by atoms with van der Waals surface area (Å²) in [6.45, 7) is 0. The van der Waals surface area contributed by atoms with Crippen LogP contribution >= 0.6 is 27.5 Å². The molecule has 0 aromatic heterocycles. The maximum absolute atomic E-state index is 12.2. The second kappa shape index (κ2) is 5.83. The van der Waals surface area contributed by atoms with Gasteiger partial charge in [0.05, 0.1) is 22.3 Å². The zero-order valence-electron chi connectivity index (χ0n) is 9.97. The Labute approximate surface area is 130 Å². The predicted octanol–water partition coefficient (Wildman–Crippen LogP) is 3.77. The summed E-state index contributed by atoms with van der Waals surface area (Å²) in [6.07, 6.45) is 0. The van der Waals surface area contributed by atoms with Gasteiger partial charge in [0.25, 0.3) is 10.0 Å². The number of nitriles is 1. The van der Waals surface area contributed by atoms with Crippen molar-refractivity contribution in [2.24, 2.45) is 0 Å². The first-order valence-electron chi connectivity index (χ1n) is 5.41. The summed E-state index contributed by atoms with van der Waals surface area (Å²) in [5, 5.41) is 8.92. The maximum Gasteiger partial charge on any atom is 0.263 e. The standard InChI is InChI=1S/C13H8BrClN2O2S/c14-10-7-9(8-16)5-6-12(10)17-20(18,19)13-4-2-1-3-11(13)15/h1-7,17H. The SMILES string of the molecule is N#Cc1ccc(NS(=O)(=O)c2ccccc2Cl)c(Br)c1. The van der Waals surface area contributed by atoms with Gasteiger partial charge in [-0.15, -0.1) is 0 Å². The van der Waals surface area contributed by atoms with E-state index < -0.39 is 10.0 Å². The van der Waals surface area contributed by atoms with Gasteiger partial charge < -0.3 is 0 Å². The van der Waals surface area contributed by atoms with Crippen LogP contribution in [0.5, 0.6) is 0 Å². The molecule has 0 saturated heterocycles. The molecule has 4 nitrogen and oxygen atoms in total. The predicted molar refractivity (Wildman–Crippen MR) is 81.1 cm³/mol. The zero-order chi connectivity index (χ0) is 14.8. The average molecular weight is 372 g/mol. The Balaban J connectivity index is 2.40. The molecule has 2 rings (SSSR count). The number of sulfonamides is 1. The topological polar surface area (TPSA) is 70.0 Å². The summed E-state index contributed by atoms with van der Waals surface area (Å²) in [7, 11) is -3.78. The van der Waals surface area contributed by atoms with Crippen molar-refractivity contribution in [2.75, 3.05) is 4.72 Å².